The van der Waals surface area contributed by atoms with Crippen LogP contribution in [0.1, 0.15) is 25.0 Å². The molecule has 11 rings (SSSR count). The molecule has 1 heterocycles. The molecule has 0 aliphatic heterocycles. The quantitative estimate of drug-likeness (QED) is 0.169. The van der Waals surface area contributed by atoms with Gasteiger partial charge in [0.2, 0.25) is 0 Å². The molecule has 0 radical (unpaired) electrons. The molecule has 0 saturated carbocycles. The van der Waals surface area contributed by atoms with E-state index in [4.69, 9.17) is 4.42 Å². The van der Waals surface area contributed by atoms with Gasteiger partial charge in [-0.2, -0.15) is 0 Å². The molecule has 0 unspecified atom stereocenters. The molecule has 2 nitrogen and oxygen atoms in total. The van der Waals surface area contributed by atoms with Crippen LogP contribution in [0.3, 0.4) is 0 Å². The highest BCUT2D eigenvalue weighted by Gasteiger charge is 2.36. The molecule has 1 aliphatic carbocycles. The van der Waals surface area contributed by atoms with Crippen LogP contribution >= 0.6 is 0 Å². The Morgan fingerprint density at radius 1 is 0.386 bits per heavy atom. The molecular formula is C55H39NO. The summed E-state index contributed by atoms with van der Waals surface area (Å²) in [6, 6.07) is 72.5. The Morgan fingerprint density at radius 2 is 0.982 bits per heavy atom. The molecule has 0 atom stereocenters. The molecule has 0 bridgehead atoms. The fourth-order valence-electron chi connectivity index (χ4n) is 9.32. The Kier molecular flexibility index (Phi) is 7.55. The minimum Gasteiger partial charge on any atom is -0.455 e. The molecule has 10 aromatic rings. The fourth-order valence-corrected chi connectivity index (χ4v) is 9.32. The first-order valence-electron chi connectivity index (χ1n) is 19.8. The molecule has 270 valence electrons. The van der Waals surface area contributed by atoms with Gasteiger partial charge in [-0.05, 0) is 103 Å². The highest BCUT2D eigenvalue weighted by molar-refractivity contribution is 6.23. The largest absolute Gasteiger partial charge is 0.455 e. The van der Waals surface area contributed by atoms with Gasteiger partial charge >= 0.3 is 0 Å². The molecule has 0 saturated heterocycles. The topological polar surface area (TPSA) is 16.4 Å². The number of nitrogens with zero attached hydrogens (tertiary/aromatic N) is 1. The summed E-state index contributed by atoms with van der Waals surface area (Å²) in [5.41, 5.74) is 17.4. The second-order valence-corrected chi connectivity index (χ2v) is 15.7. The van der Waals surface area contributed by atoms with Crippen molar-refractivity contribution in [3.8, 4) is 44.5 Å². The van der Waals surface area contributed by atoms with Gasteiger partial charge in [0.15, 0.2) is 0 Å². The number of furan rings is 1. The molecule has 1 aromatic heterocycles. The van der Waals surface area contributed by atoms with E-state index in [1.54, 1.807) is 0 Å². The predicted molar refractivity (Wildman–Crippen MR) is 240 cm³/mol. The van der Waals surface area contributed by atoms with Gasteiger partial charge in [-0.25, -0.2) is 0 Å². The van der Waals surface area contributed by atoms with Crippen molar-refractivity contribution < 1.29 is 4.42 Å². The zero-order valence-corrected chi connectivity index (χ0v) is 31.9. The van der Waals surface area contributed by atoms with Crippen LogP contribution in [0.5, 0.6) is 0 Å². The average molecular weight is 730 g/mol. The van der Waals surface area contributed by atoms with Gasteiger partial charge in [0.1, 0.15) is 11.2 Å². The maximum atomic E-state index is 6.93. The zero-order chi connectivity index (χ0) is 38.1. The Labute approximate surface area is 332 Å². The van der Waals surface area contributed by atoms with Crippen LogP contribution in [-0.2, 0) is 5.41 Å². The number of benzene rings is 9. The Balaban J connectivity index is 1.18. The van der Waals surface area contributed by atoms with Crippen molar-refractivity contribution in [2.24, 2.45) is 0 Å². The average Bonchev–Trinajstić information content (AvgIpc) is 3.77. The monoisotopic (exact) mass is 729 g/mol. The molecule has 1 aliphatic rings. The third kappa shape index (κ3) is 5.25. The van der Waals surface area contributed by atoms with E-state index in [-0.39, 0.29) is 5.41 Å². The summed E-state index contributed by atoms with van der Waals surface area (Å²) in [5.74, 6) is 0. The van der Waals surface area contributed by atoms with Gasteiger partial charge in [0.05, 0.1) is 11.1 Å². The highest BCUT2D eigenvalue weighted by atomic mass is 16.3. The van der Waals surface area contributed by atoms with E-state index in [1.807, 2.05) is 0 Å². The van der Waals surface area contributed by atoms with Crippen molar-refractivity contribution in [1.82, 2.24) is 0 Å². The van der Waals surface area contributed by atoms with E-state index >= 15 is 0 Å². The van der Waals surface area contributed by atoms with Crippen LogP contribution in [0.2, 0.25) is 0 Å². The summed E-state index contributed by atoms with van der Waals surface area (Å²) in [7, 11) is 0. The minimum absolute atomic E-state index is 0.140. The number of rotatable bonds is 6. The van der Waals surface area contributed by atoms with Gasteiger partial charge in [-0.15, -0.1) is 0 Å². The SMILES string of the molecule is CC1(C)c2ccccc2-c2ccc(N(c3ccc(-c4ccccc4)cc3)c3cccc4oc5c6ccccc6c(-c6ccccc6-c6ccccc6)cc5c34)cc21. The summed E-state index contributed by atoms with van der Waals surface area (Å²) < 4.78 is 6.93. The van der Waals surface area contributed by atoms with Crippen molar-refractivity contribution in [2.75, 3.05) is 4.90 Å². The highest BCUT2D eigenvalue weighted by Crippen LogP contribution is 2.52. The first kappa shape index (κ1) is 33.2. The van der Waals surface area contributed by atoms with E-state index < -0.39 is 0 Å². The molecule has 0 fully saturated rings. The molecule has 9 aromatic carbocycles. The van der Waals surface area contributed by atoms with Crippen LogP contribution in [0.25, 0.3) is 77.2 Å². The Morgan fingerprint density at radius 3 is 1.75 bits per heavy atom. The molecule has 2 heteroatoms. The maximum absolute atomic E-state index is 6.93. The standard InChI is InChI=1S/C55H39NO/c1-55(2)49-25-14-13-23-44(49)45-33-32-40(34-50(45)55)56(39-30-28-37(29-31-39)36-16-5-3-6-17-36)51-26-15-27-52-53(51)48-35-47(43-22-11-12-24-46(43)54(48)57-52)42-21-10-9-20-41(42)38-18-7-4-8-19-38/h3-35H,1-2H3. The number of hydrogen-bond donors (Lipinski definition) is 0. The maximum Gasteiger partial charge on any atom is 0.143 e. The van der Waals surface area contributed by atoms with E-state index in [9.17, 15) is 0 Å². The number of fused-ring (bicyclic) bond motifs is 8. The van der Waals surface area contributed by atoms with E-state index in [2.05, 4.69) is 219 Å². The summed E-state index contributed by atoms with van der Waals surface area (Å²) in [4.78, 5) is 2.43. The van der Waals surface area contributed by atoms with Crippen molar-refractivity contribution in [3.05, 3.63) is 211 Å². The number of hydrogen-bond acceptors (Lipinski definition) is 2. The van der Waals surface area contributed by atoms with Crippen LogP contribution in [0.4, 0.5) is 17.1 Å². The normalized spacial score (nSPS) is 12.9. The second kappa shape index (κ2) is 13.0. The van der Waals surface area contributed by atoms with Gasteiger partial charge in [-0.3, -0.25) is 0 Å². The van der Waals surface area contributed by atoms with Crippen LogP contribution in [0.15, 0.2) is 205 Å². The minimum atomic E-state index is -0.140. The fraction of sp³-hybridized carbons (Fsp3) is 0.0545. The van der Waals surface area contributed by atoms with E-state index in [0.717, 1.165) is 44.4 Å². The lowest BCUT2D eigenvalue weighted by atomic mass is 9.82. The third-order valence-electron chi connectivity index (χ3n) is 12.1. The summed E-state index contributed by atoms with van der Waals surface area (Å²) in [5, 5.41) is 4.46. The third-order valence-corrected chi connectivity index (χ3v) is 12.1. The van der Waals surface area contributed by atoms with Gasteiger partial charge in [0.25, 0.3) is 0 Å². The van der Waals surface area contributed by atoms with Crippen LogP contribution in [-0.4, -0.2) is 0 Å². The van der Waals surface area contributed by atoms with Gasteiger partial charge < -0.3 is 9.32 Å². The summed E-state index contributed by atoms with van der Waals surface area (Å²) >= 11 is 0. The van der Waals surface area contributed by atoms with Gasteiger partial charge in [0, 0.05) is 27.6 Å². The van der Waals surface area contributed by atoms with E-state index in [0.29, 0.717) is 0 Å². The lowest BCUT2D eigenvalue weighted by molar-refractivity contribution is 0.660. The lowest BCUT2D eigenvalue weighted by Gasteiger charge is -2.29. The lowest BCUT2D eigenvalue weighted by Crippen LogP contribution is -2.16. The number of anilines is 3. The molecule has 0 N–H and O–H groups in total. The van der Waals surface area contributed by atoms with Crippen molar-refractivity contribution in [2.45, 2.75) is 19.3 Å². The van der Waals surface area contributed by atoms with Gasteiger partial charge in [-0.1, -0.05) is 172 Å². The predicted octanol–water partition coefficient (Wildman–Crippen LogP) is 15.5. The first-order valence-corrected chi connectivity index (χ1v) is 19.8. The van der Waals surface area contributed by atoms with Crippen LogP contribution < -0.4 is 4.90 Å². The second-order valence-electron chi connectivity index (χ2n) is 15.7. The Bertz CT molecular complexity index is 3140. The smallest absolute Gasteiger partial charge is 0.143 e. The first-order chi connectivity index (χ1) is 28.0. The molecule has 0 spiro atoms. The molecule has 57 heavy (non-hydrogen) atoms. The Hall–Kier alpha value is -7.16. The summed E-state index contributed by atoms with van der Waals surface area (Å²) in [6.45, 7) is 4.70. The van der Waals surface area contributed by atoms with Crippen molar-refractivity contribution >= 4 is 49.8 Å². The van der Waals surface area contributed by atoms with Crippen LogP contribution in [0, 0.1) is 0 Å². The van der Waals surface area contributed by atoms with Crippen molar-refractivity contribution in [3.63, 3.8) is 0 Å². The van der Waals surface area contributed by atoms with E-state index in [1.165, 1.54) is 61.0 Å². The summed E-state index contributed by atoms with van der Waals surface area (Å²) in [6.07, 6.45) is 0. The zero-order valence-electron chi connectivity index (χ0n) is 31.9. The molecular weight excluding hydrogens is 691 g/mol. The molecule has 0 amide bonds. The van der Waals surface area contributed by atoms with Crippen molar-refractivity contribution in [1.29, 1.82) is 0 Å².